The van der Waals surface area contributed by atoms with E-state index in [4.69, 9.17) is 23.2 Å². The maximum atomic E-state index is 13.5. The van der Waals surface area contributed by atoms with Crippen molar-refractivity contribution in [2.75, 3.05) is 11.9 Å². The molecule has 0 bridgehead atoms. The molecular weight excluding hydrogens is 380 g/mol. The molecule has 1 N–H and O–H groups in total. The maximum Gasteiger partial charge on any atom is 0.242 e. The average molecular weight is 391 g/mol. The molecule has 1 aliphatic rings. The zero-order chi connectivity index (χ0) is 14.3. The number of halogens is 4. The lowest BCUT2D eigenvalue weighted by Gasteiger charge is -2.14. The van der Waals surface area contributed by atoms with Crippen molar-refractivity contribution in [3.63, 3.8) is 0 Å². The first-order valence-corrected chi connectivity index (χ1v) is 8.86. The predicted octanol–water partition coefficient (Wildman–Crippen LogP) is 3.59. The smallest absolute Gasteiger partial charge is 0.211 e. The topological polar surface area (TPSA) is 46.2 Å². The van der Waals surface area contributed by atoms with Crippen LogP contribution in [0.5, 0.6) is 0 Å². The second-order valence-corrected chi connectivity index (χ2v) is 7.71. The first-order valence-electron chi connectivity index (χ1n) is 5.50. The number of nitrogens with one attached hydrogen (secondary N) is 1. The molecule has 0 spiro atoms. The van der Waals surface area contributed by atoms with Gasteiger partial charge in [-0.05, 0) is 30.4 Å². The summed E-state index contributed by atoms with van der Waals surface area (Å²) in [5.74, 6) is -0.923. The molecule has 0 aliphatic heterocycles. The Balaban J connectivity index is 2.23. The van der Waals surface area contributed by atoms with Gasteiger partial charge in [-0.2, -0.15) is 0 Å². The van der Waals surface area contributed by atoms with Crippen LogP contribution in [0, 0.1) is 11.2 Å². The van der Waals surface area contributed by atoms with Gasteiger partial charge in [0.1, 0.15) is 4.90 Å². The first kappa shape index (κ1) is 15.5. The lowest BCUT2D eigenvalue weighted by molar-refractivity contribution is 0.537. The molecule has 0 amide bonds. The van der Waals surface area contributed by atoms with E-state index in [1.54, 1.807) is 0 Å². The van der Waals surface area contributed by atoms with Crippen LogP contribution in [0.1, 0.15) is 12.8 Å². The Bertz CT molecular complexity index is 605. The normalized spacial score (nSPS) is 17.5. The Morgan fingerprint density at radius 1 is 1.37 bits per heavy atom. The largest absolute Gasteiger partial charge is 0.242 e. The summed E-state index contributed by atoms with van der Waals surface area (Å²) >= 11 is 14.6. The zero-order valence-electron chi connectivity index (χ0n) is 9.72. The minimum Gasteiger partial charge on any atom is -0.211 e. The fourth-order valence-electron chi connectivity index (χ4n) is 1.58. The molecule has 0 aromatic heterocycles. The third-order valence-electron chi connectivity index (χ3n) is 3.17. The van der Waals surface area contributed by atoms with Crippen molar-refractivity contribution >= 4 is 49.2 Å². The van der Waals surface area contributed by atoms with Crippen LogP contribution in [0.4, 0.5) is 4.39 Å². The van der Waals surface area contributed by atoms with Crippen molar-refractivity contribution in [2.24, 2.45) is 5.41 Å². The fraction of sp³-hybridized carbons (Fsp3) is 0.455. The highest BCUT2D eigenvalue weighted by Crippen LogP contribution is 2.46. The lowest BCUT2D eigenvalue weighted by atomic mass is 10.1. The first-order chi connectivity index (χ1) is 8.81. The molecule has 1 aromatic carbocycles. The van der Waals surface area contributed by atoms with Gasteiger partial charge in [0.2, 0.25) is 10.0 Å². The SMILES string of the molecule is O=S(=O)(NCC1(CBr)CC1)c1ccc(Cl)c(F)c1Cl. The molecule has 0 radical (unpaired) electrons. The number of hydrogen-bond donors (Lipinski definition) is 1. The summed E-state index contributed by atoms with van der Waals surface area (Å²) in [4.78, 5) is -0.290. The van der Waals surface area contributed by atoms with Gasteiger partial charge in [-0.15, -0.1) is 0 Å². The van der Waals surface area contributed by atoms with Crippen LogP contribution in [0.3, 0.4) is 0 Å². The molecule has 0 heterocycles. The van der Waals surface area contributed by atoms with Crippen molar-refractivity contribution in [3.05, 3.63) is 28.0 Å². The van der Waals surface area contributed by atoms with E-state index in [1.807, 2.05) is 0 Å². The Morgan fingerprint density at radius 3 is 2.53 bits per heavy atom. The van der Waals surface area contributed by atoms with Crippen LogP contribution in [0.2, 0.25) is 10.0 Å². The van der Waals surface area contributed by atoms with E-state index in [0.717, 1.165) is 18.2 Å². The van der Waals surface area contributed by atoms with E-state index in [0.29, 0.717) is 6.54 Å². The molecule has 0 unspecified atom stereocenters. The molecule has 1 aliphatic carbocycles. The van der Waals surface area contributed by atoms with Gasteiger partial charge in [0.05, 0.1) is 10.0 Å². The van der Waals surface area contributed by atoms with Gasteiger partial charge in [-0.3, -0.25) is 0 Å². The van der Waals surface area contributed by atoms with Gasteiger partial charge in [0, 0.05) is 11.9 Å². The summed E-state index contributed by atoms with van der Waals surface area (Å²) in [5.41, 5.74) is -0.0233. The summed E-state index contributed by atoms with van der Waals surface area (Å²) in [6, 6.07) is 2.37. The molecule has 8 heteroatoms. The van der Waals surface area contributed by atoms with E-state index in [1.165, 1.54) is 12.1 Å². The van der Waals surface area contributed by atoms with E-state index < -0.39 is 20.9 Å². The minimum absolute atomic E-state index is 0.0233. The summed E-state index contributed by atoms with van der Waals surface area (Å²) < 4.78 is 40.1. The number of alkyl halides is 1. The molecule has 0 atom stereocenters. The van der Waals surface area contributed by atoms with Gasteiger partial charge >= 0.3 is 0 Å². The average Bonchev–Trinajstić information content (AvgIpc) is 3.14. The highest BCUT2D eigenvalue weighted by atomic mass is 79.9. The van der Waals surface area contributed by atoms with Gasteiger partial charge in [0.25, 0.3) is 0 Å². The Kier molecular flexibility index (Phi) is 4.48. The Labute approximate surface area is 129 Å². The van der Waals surface area contributed by atoms with Crippen LogP contribution >= 0.6 is 39.1 Å². The summed E-state index contributed by atoms with van der Waals surface area (Å²) in [5, 5.41) is 0.0392. The fourth-order valence-corrected chi connectivity index (χ4v) is 4.23. The highest BCUT2D eigenvalue weighted by molar-refractivity contribution is 9.09. The third kappa shape index (κ3) is 3.24. The molecule has 106 valence electrons. The number of hydrogen-bond acceptors (Lipinski definition) is 2. The minimum atomic E-state index is -3.83. The second-order valence-electron chi connectivity index (χ2n) is 4.63. The Morgan fingerprint density at radius 2 is 2.00 bits per heavy atom. The maximum absolute atomic E-state index is 13.5. The predicted molar refractivity (Wildman–Crippen MR) is 77.1 cm³/mol. The van der Waals surface area contributed by atoms with Gasteiger partial charge in [-0.1, -0.05) is 39.1 Å². The third-order valence-corrected chi connectivity index (χ3v) is 6.57. The summed E-state index contributed by atoms with van der Waals surface area (Å²) in [6.45, 7) is 0.307. The van der Waals surface area contributed by atoms with Crippen LogP contribution in [-0.4, -0.2) is 20.3 Å². The highest BCUT2D eigenvalue weighted by Gasteiger charge is 2.42. The summed E-state index contributed by atoms with van der Waals surface area (Å²) in [6.07, 6.45) is 1.92. The molecule has 0 saturated heterocycles. The number of sulfonamides is 1. The number of benzene rings is 1. The molecule has 19 heavy (non-hydrogen) atoms. The lowest BCUT2D eigenvalue weighted by Crippen LogP contribution is -2.31. The second kappa shape index (κ2) is 5.48. The van der Waals surface area contributed by atoms with Gasteiger partial charge in [0.15, 0.2) is 5.82 Å². The molecule has 1 saturated carbocycles. The van der Waals surface area contributed by atoms with E-state index in [9.17, 15) is 12.8 Å². The van der Waals surface area contributed by atoms with Crippen molar-refractivity contribution in [1.82, 2.24) is 4.72 Å². The van der Waals surface area contributed by atoms with Crippen molar-refractivity contribution in [2.45, 2.75) is 17.7 Å². The number of rotatable bonds is 5. The van der Waals surface area contributed by atoms with Crippen LogP contribution in [0.15, 0.2) is 17.0 Å². The Hall–Kier alpha value is 0.120. The van der Waals surface area contributed by atoms with Crippen molar-refractivity contribution < 1.29 is 12.8 Å². The standard InChI is InChI=1S/C11H11BrCl2FNO2S/c12-5-11(3-4-11)6-16-19(17,18)8-2-1-7(13)10(15)9(8)14/h1-2,16H,3-6H2. The van der Waals surface area contributed by atoms with Gasteiger partial charge < -0.3 is 0 Å². The molecular formula is C11H11BrCl2FNO2S. The molecule has 1 aromatic rings. The van der Waals surface area contributed by atoms with Crippen molar-refractivity contribution in [3.8, 4) is 0 Å². The van der Waals surface area contributed by atoms with Crippen LogP contribution in [-0.2, 0) is 10.0 Å². The van der Waals surface area contributed by atoms with Crippen molar-refractivity contribution in [1.29, 1.82) is 0 Å². The van der Waals surface area contributed by atoms with Crippen LogP contribution < -0.4 is 4.72 Å². The molecule has 3 nitrogen and oxygen atoms in total. The zero-order valence-corrected chi connectivity index (χ0v) is 13.6. The molecule has 1 fully saturated rings. The van der Waals surface area contributed by atoms with E-state index in [-0.39, 0.29) is 15.3 Å². The van der Waals surface area contributed by atoms with E-state index in [2.05, 4.69) is 20.7 Å². The van der Waals surface area contributed by atoms with E-state index >= 15 is 0 Å². The van der Waals surface area contributed by atoms with Gasteiger partial charge in [-0.25, -0.2) is 17.5 Å². The molecule has 2 rings (SSSR count). The quantitative estimate of drug-likeness (QED) is 0.616. The summed E-state index contributed by atoms with van der Waals surface area (Å²) in [7, 11) is -3.83. The van der Waals surface area contributed by atoms with Crippen LogP contribution in [0.25, 0.3) is 0 Å². The monoisotopic (exact) mass is 389 g/mol.